The summed E-state index contributed by atoms with van der Waals surface area (Å²) in [6, 6.07) is 1.48. The Bertz CT molecular complexity index is 417. The van der Waals surface area contributed by atoms with Gasteiger partial charge in [-0.05, 0) is 25.7 Å². The van der Waals surface area contributed by atoms with Crippen molar-refractivity contribution in [2.45, 2.75) is 50.4 Å². The van der Waals surface area contributed by atoms with Gasteiger partial charge in [0, 0.05) is 12.1 Å². The zero-order chi connectivity index (χ0) is 13.9. The number of aliphatic hydroxyl groups is 1. The summed E-state index contributed by atoms with van der Waals surface area (Å²) in [7, 11) is 0. The van der Waals surface area contributed by atoms with Crippen LogP contribution in [0.1, 0.15) is 31.4 Å². The molecule has 4 nitrogen and oxygen atoms in total. The summed E-state index contributed by atoms with van der Waals surface area (Å²) < 4.78 is 36.8. The monoisotopic (exact) mass is 275 g/mol. The highest BCUT2D eigenvalue weighted by Crippen LogP contribution is 2.23. The van der Waals surface area contributed by atoms with E-state index in [4.69, 9.17) is 0 Å². The van der Waals surface area contributed by atoms with E-state index in [1.807, 2.05) is 0 Å². The summed E-state index contributed by atoms with van der Waals surface area (Å²) in [4.78, 5) is 7.55. The van der Waals surface area contributed by atoms with Gasteiger partial charge in [-0.1, -0.05) is 0 Å². The molecule has 1 aliphatic rings. The molecular weight excluding hydrogens is 259 g/mol. The van der Waals surface area contributed by atoms with Gasteiger partial charge in [-0.2, -0.15) is 13.2 Å². The molecule has 1 aromatic rings. The lowest BCUT2D eigenvalue weighted by molar-refractivity contribution is -0.127. The van der Waals surface area contributed by atoms with Crippen LogP contribution in [0.3, 0.4) is 0 Å². The van der Waals surface area contributed by atoms with Crippen molar-refractivity contribution in [1.29, 1.82) is 0 Å². The van der Waals surface area contributed by atoms with Crippen molar-refractivity contribution < 1.29 is 18.3 Å². The predicted molar refractivity (Wildman–Crippen MR) is 63.7 cm³/mol. The minimum absolute atomic E-state index is 0.0409. The van der Waals surface area contributed by atoms with Crippen molar-refractivity contribution in [1.82, 2.24) is 9.97 Å². The molecule has 1 heterocycles. The zero-order valence-electron chi connectivity index (χ0n) is 10.3. The van der Waals surface area contributed by atoms with Crippen LogP contribution in [0.25, 0.3) is 0 Å². The van der Waals surface area contributed by atoms with Gasteiger partial charge >= 0.3 is 6.18 Å². The van der Waals surface area contributed by atoms with Crippen LogP contribution in [-0.4, -0.2) is 33.4 Å². The van der Waals surface area contributed by atoms with Crippen LogP contribution in [0.5, 0.6) is 0 Å². The first-order valence-electron chi connectivity index (χ1n) is 6.24. The number of aliphatic hydroxyl groups excluding tert-OH is 1. The molecule has 0 aromatic carbocycles. The van der Waals surface area contributed by atoms with E-state index in [1.165, 1.54) is 6.07 Å². The number of alkyl halides is 3. The number of nitrogens with one attached hydrogen (secondary N) is 1. The molecule has 19 heavy (non-hydrogen) atoms. The Morgan fingerprint density at radius 3 is 2.53 bits per heavy atom. The SMILES string of the molecule is OC1CCC(Nc2cc(CC(F)(F)F)ncn2)CC1. The third-order valence-corrected chi connectivity index (χ3v) is 3.15. The lowest BCUT2D eigenvalue weighted by Gasteiger charge is -2.26. The van der Waals surface area contributed by atoms with Gasteiger partial charge < -0.3 is 10.4 Å². The van der Waals surface area contributed by atoms with Gasteiger partial charge in [0.1, 0.15) is 12.1 Å². The van der Waals surface area contributed by atoms with Gasteiger partial charge in [-0.25, -0.2) is 9.97 Å². The standard InChI is InChI=1S/C12H16F3N3O/c13-12(14,15)6-9-5-11(17-7-16-9)18-8-1-3-10(19)4-2-8/h5,7-8,10,19H,1-4,6H2,(H,16,17,18). The summed E-state index contributed by atoms with van der Waals surface area (Å²) in [5.41, 5.74) is -0.0409. The van der Waals surface area contributed by atoms with Crippen molar-refractivity contribution in [3.8, 4) is 0 Å². The normalized spacial score (nSPS) is 24.2. The van der Waals surface area contributed by atoms with E-state index < -0.39 is 12.6 Å². The molecule has 2 rings (SSSR count). The number of hydrogen-bond donors (Lipinski definition) is 2. The minimum Gasteiger partial charge on any atom is -0.393 e. The first-order chi connectivity index (χ1) is 8.92. The zero-order valence-corrected chi connectivity index (χ0v) is 10.3. The molecule has 7 heteroatoms. The Hall–Kier alpha value is -1.37. The Kier molecular flexibility index (Phi) is 4.24. The number of halogens is 3. The number of hydrogen-bond acceptors (Lipinski definition) is 4. The first kappa shape index (κ1) is 14.0. The average molecular weight is 275 g/mol. The fourth-order valence-corrected chi connectivity index (χ4v) is 2.21. The second-order valence-corrected chi connectivity index (χ2v) is 4.84. The van der Waals surface area contributed by atoms with E-state index in [2.05, 4.69) is 15.3 Å². The Morgan fingerprint density at radius 2 is 1.89 bits per heavy atom. The van der Waals surface area contributed by atoms with Crippen LogP contribution in [0.2, 0.25) is 0 Å². The number of aromatic nitrogens is 2. The van der Waals surface area contributed by atoms with Crippen LogP contribution in [0.15, 0.2) is 12.4 Å². The predicted octanol–water partition coefficient (Wildman–Crippen LogP) is 2.30. The highest BCUT2D eigenvalue weighted by molar-refractivity contribution is 5.36. The quantitative estimate of drug-likeness (QED) is 0.888. The molecule has 0 bridgehead atoms. The van der Waals surface area contributed by atoms with Crippen LogP contribution < -0.4 is 5.32 Å². The van der Waals surface area contributed by atoms with Gasteiger partial charge in [0.05, 0.1) is 18.2 Å². The molecular formula is C12H16F3N3O. The average Bonchev–Trinajstić information content (AvgIpc) is 2.30. The highest BCUT2D eigenvalue weighted by atomic mass is 19.4. The maximum absolute atomic E-state index is 12.3. The summed E-state index contributed by atoms with van der Waals surface area (Å²) in [5.74, 6) is 0.413. The number of anilines is 1. The molecule has 0 saturated heterocycles. The van der Waals surface area contributed by atoms with E-state index >= 15 is 0 Å². The molecule has 1 fully saturated rings. The second-order valence-electron chi connectivity index (χ2n) is 4.84. The Balaban J connectivity index is 1.95. The van der Waals surface area contributed by atoms with E-state index in [-0.39, 0.29) is 17.8 Å². The van der Waals surface area contributed by atoms with Crippen LogP contribution >= 0.6 is 0 Å². The van der Waals surface area contributed by atoms with Gasteiger partial charge in [0.25, 0.3) is 0 Å². The van der Waals surface area contributed by atoms with Gasteiger partial charge in [0.15, 0.2) is 0 Å². The van der Waals surface area contributed by atoms with Gasteiger partial charge in [0.2, 0.25) is 0 Å². The number of rotatable bonds is 3. The number of nitrogens with zero attached hydrogens (tertiary/aromatic N) is 2. The molecule has 0 spiro atoms. The molecule has 0 amide bonds. The van der Waals surface area contributed by atoms with E-state index in [1.54, 1.807) is 0 Å². The maximum atomic E-state index is 12.3. The van der Waals surface area contributed by atoms with E-state index in [0.29, 0.717) is 18.7 Å². The third-order valence-electron chi connectivity index (χ3n) is 3.15. The van der Waals surface area contributed by atoms with Gasteiger partial charge in [-0.15, -0.1) is 0 Å². The molecule has 0 aliphatic heterocycles. The van der Waals surface area contributed by atoms with Crippen molar-refractivity contribution in [2.24, 2.45) is 0 Å². The molecule has 1 aliphatic carbocycles. The summed E-state index contributed by atoms with van der Waals surface area (Å²) in [6.45, 7) is 0. The van der Waals surface area contributed by atoms with Gasteiger partial charge in [-0.3, -0.25) is 0 Å². The molecule has 106 valence electrons. The lowest BCUT2D eigenvalue weighted by Crippen LogP contribution is -2.28. The minimum atomic E-state index is -4.26. The fourth-order valence-electron chi connectivity index (χ4n) is 2.21. The third kappa shape index (κ3) is 4.66. The Morgan fingerprint density at radius 1 is 1.21 bits per heavy atom. The molecule has 1 aromatic heterocycles. The summed E-state index contributed by atoms with van der Waals surface area (Å²) >= 11 is 0. The van der Waals surface area contributed by atoms with E-state index in [9.17, 15) is 18.3 Å². The largest absolute Gasteiger partial charge is 0.394 e. The van der Waals surface area contributed by atoms with Crippen molar-refractivity contribution in [2.75, 3.05) is 5.32 Å². The van der Waals surface area contributed by atoms with Crippen LogP contribution in [0.4, 0.5) is 19.0 Å². The molecule has 0 atom stereocenters. The Labute approximate surface area is 109 Å². The van der Waals surface area contributed by atoms with E-state index in [0.717, 1.165) is 19.2 Å². The topological polar surface area (TPSA) is 58.0 Å². The molecule has 2 N–H and O–H groups in total. The summed E-state index contributed by atoms with van der Waals surface area (Å²) in [6.07, 6.45) is -1.44. The van der Waals surface area contributed by atoms with Crippen molar-refractivity contribution in [3.05, 3.63) is 18.1 Å². The van der Waals surface area contributed by atoms with Crippen LogP contribution in [0, 0.1) is 0 Å². The molecule has 0 unspecified atom stereocenters. The van der Waals surface area contributed by atoms with Crippen molar-refractivity contribution in [3.63, 3.8) is 0 Å². The lowest BCUT2D eigenvalue weighted by atomic mass is 9.93. The van der Waals surface area contributed by atoms with Crippen LogP contribution in [-0.2, 0) is 6.42 Å². The summed E-state index contributed by atoms with van der Waals surface area (Å²) in [5, 5.41) is 12.5. The smallest absolute Gasteiger partial charge is 0.393 e. The van der Waals surface area contributed by atoms with Crippen molar-refractivity contribution >= 4 is 5.82 Å². The first-order valence-corrected chi connectivity index (χ1v) is 6.24. The second kappa shape index (κ2) is 5.73. The highest BCUT2D eigenvalue weighted by Gasteiger charge is 2.28. The maximum Gasteiger partial charge on any atom is 0.394 e. The molecule has 1 saturated carbocycles. The molecule has 0 radical (unpaired) electrons. The fraction of sp³-hybridized carbons (Fsp3) is 0.667.